The van der Waals surface area contributed by atoms with Crippen molar-refractivity contribution in [1.82, 2.24) is 5.32 Å². The quantitative estimate of drug-likeness (QED) is 0.817. The molecule has 20 heavy (non-hydrogen) atoms. The van der Waals surface area contributed by atoms with Crippen LogP contribution >= 0.6 is 27.5 Å². The topological polar surface area (TPSA) is 55.4 Å². The number of benzene rings is 1. The number of nitrogens with one attached hydrogen (secondary N) is 1. The standard InChI is InChI=1S/C14H17BrClNO3/c1-8(2)9(3)17-13(18)7-20-14(19)11-6-10(15)4-5-12(11)16/h4-6,8-9H,7H2,1-3H3,(H,17,18). The number of carbonyl (C=O) groups is 2. The normalized spacial score (nSPS) is 12.1. The Morgan fingerprint density at radius 2 is 2.00 bits per heavy atom. The monoisotopic (exact) mass is 361 g/mol. The summed E-state index contributed by atoms with van der Waals surface area (Å²) >= 11 is 9.16. The molecule has 1 amide bonds. The van der Waals surface area contributed by atoms with Crippen LogP contribution in [0.4, 0.5) is 0 Å². The Hall–Kier alpha value is -1.07. The second kappa shape index (κ2) is 7.64. The number of carbonyl (C=O) groups excluding carboxylic acids is 2. The van der Waals surface area contributed by atoms with E-state index in [1.807, 2.05) is 20.8 Å². The highest BCUT2D eigenvalue weighted by Gasteiger charge is 2.16. The van der Waals surface area contributed by atoms with Crippen molar-refractivity contribution < 1.29 is 14.3 Å². The predicted octanol–water partition coefficient (Wildman–Crippen LogP) is 3.42. The second-order valence-electron chi connectivity index (χ2n) is 4.80. The van der Waals surface area contributed by atoms with Crippen molar-refractivity contribution in [3.8, 4) is 0 Å². The molecule has 0 radical (unpaired) electrons. The number of halogens is 2. The van der Waals surface area contributed by atoms with Crippen molar-refractivity contribution in [3.63, 3.8) is 0 Å². The van der Waals surface area contributed by atoms with Gasteiger partial charge in [-0.25, -0.2) is 4.79 Å². The van der Waals surface area contributed by atoms with Crippen LogP contribution in [0.5, 0.6) is 0 Å². The predicted molar refractivity (Wildman–Crippen MR) is 81.9 cm³/mol. The highest BCUT2D eigenvalue weighted by molar-refractivity contribution is 9.10. The zero-order valence-corrected chi connectivity index (χ0v) is 13.9. The van der Waals surface area contributed by atoms with E-state index in [1.54, 1.807) is 18.2 Å². The lowest BCUT2D eigenvalue weighted by molar-refractivity contribution is -0.125. The van der Waals surface area contributed by atoms with Crippen LogP contribution in [0.25, 0.3) is 0 Å². The van der Waals surface area contributed by atoms with Gasteiger partial charge in [-0.1, -0.05) is 41.4 Å². The Bertz CT molecular complexity index is 505. The molecule has 1 aromatic carbocycles. The van der Waals surface area contributed by atoms with E-state index in [-0.39, 0.29) is 29.1 Å². The van der Waals surface area contributed by atoms with Crippen molar-refractivity contribution in [1.29, 1.82) is 0 Å². The Labute approximate surface area is 132 Å². The minimum absolute atomic E-state index is 0.0238. The van der Waals surface area contributed by atoms with Crippen LogP contribution in [-0.4, -0.2) is 24.5 Å². The van der Waals surface area contributed by atoms with Crippen LogP contribution in [0.3, 0.4) is 0 Å². The summed E-state index contributed by atoms with van der Waals surface area (Å²) in [5, 5.41) is 3.04. The third kappa shape index (κ3) is 5.13. The van der Waals surface area contributed by atoms with Crippen molar-refractivity contribution in [2.24, 2.45) is 5.92 Å². The largest absolute Gasteiger partial charge is 0.452 e. The summed E-state index contributed by atoms with van der Waals surface area (Å²) in [4.78, 5) is 23.4. The third-order valence-corrected chi connectivity index (χ3v) is 3.69. The van der Waals surface area contributed by atoms with E-state index >= 15 is 0 Å². The lowest BCUT2D eigenvalue weighted by Crippen LogP contribution is -2.38. The van der Waals surface area contributed by atoms with Crippen LogP contribution in [0.2, 0.25) is 5.02 Å². The maximum absolute atomic E-state index is 11.8. The zero-order valence-electron chi connectivity index (χ0n) is 11.6. The molecule has 0 bridgehead atoms. The van der Waals surface area contributed by atoms with Crippen LogP contribution in [-0.2, 0) is 9.53 Å². The SMILES string of the molecule is CC(C)C(C)NC(=O)COC(=O)c1cc(Br)ccc1Cl. The minimum atomic E-state index is -0.622. The van der Waals surface area contributed by atoms with E-state index in [2.05, 4.69) is 21.2 Å². The number of ether oxygens (including phenoxy) is 1. The van der Waals surface area contributed by atoms with E-state index in [0.717, 1.165) is 0 Å². The van der Waals surface area contributed by atoms with Crippen molar-refractivity contribution in [2.75, 3.05) is 6.61 Å². The van der Waals surface area contributed by atoms with Gasteiger partial charge in [0.2, 0.25) is 0 Å². The minimum Gasteiger partial charge on any atom is -0.452 e. The van der Waals surface area contributed by atoms with E-state index < -0.39 is 5.97 Å². The molecule has 0 aliphatic heterocycles. The fraction of sp³-hybridized carbons (Fsp3) is 0.429. The van der Waals surface area contributed by atoms with Gasteiger partial charge in [0.05, 0.1) is 10.6 Å². The van der Waals surface area contributed by atoms with Gasteiger partial charge in [-0.3, -0.25) is 4.79 Å². The molecular formula is C14H17BrClNO3. The van der Waals surface area contributed by atoms with E-state index in [9.17, 15) is 9.59 Å². The molecule has 0 fully saturated rings. The maximum atomic E-state index is 11.8. The lowest BCUT2D eigenvalue weighted by Gasteiger charge is -2.17. The molecule has 0 saturated heterocycles. The number of hydrogen-bond donors (Lipinski definition) is 1. The van der Waals surface area contributed by atoms with E-state index in [4.69, 9.17) is 16.3 Å². The smallest absolute Gasteiger partial charge is 0.340 e. The Kier molecular flexibility index (Phi) is 6.49. The molecule has 0 aliphatic carbocycles. The fourth-order valence-corrected chi connectivity index (χ4v) is 1.88. The highest BCUT2D eigenvalue weighted by atomic mass is 79.9. The molecule has 1 aromatic rings. The summed E-state index contributed by atoms with van der Waals surface area (Å²) in [5.41, 5.74) is 0.228. The number of hydrogen-bond acceptors (Lipinski definition) is 3. The van der Waals surface area contributed by atoms with Crippen molar-refractivity contribution >= 4 is 39.4 Å². The zero-order chi connectivity index (χ0) is 15.3. The number of rotatable bonds is 5. The molecule has 6 heteroatoms. The molecular weight excluding hydrogens is 346 g/mol. The molecule has 0 aromatic heterocycles. The molecule has 0 saturated carbocycles. The average molecular weight is 363 g/mol. The molecule has 1 rings (SSSR count). The first-order valence-electron chi connectivity index (χ1n) is 6.22. The maximum Gasteiger partial charge on any atom is 0.340 e. The van der Waals surface area contributed by atoms with Gasteiger partial charge in [-0.2, -0.15) is 0 Å². The first kappa shape index (κ1) is 17.0. The molecule has 110 valence electrons. The van der Waals surface area contributed by atoms with Gasteiger partial charge in [-0.15, -0.1) is 0 Å². The van der Waals surface area contributed by atoms with Crippen LogP contribution in [0.1, 0.15) is 31.1 Å². The second-order valence-corrected chi connectivity index (χ2v) is 6.12. The summed E-state index contributed by atoms with van der Waals surface area (Å²) in [6, 6.07) is 4.88. The fourth-order valence-electron chi connectivity index (χ4n) is 1.33. The first-order chi connectivity index (χ1) is 9.31. The lowest BCUT2D eigenvalue weighted by atomic mass is 10.1. The molecule has 1 atom stereocenters. The van der Waals surface area contributed by atoms with Crippen molar-refractivity contribution in [3.05, 3.63) is 33.3 Å². The van der Waals surface area contributed by atoms with Crippen LogP contribution in [0.15, 0.2) is 22.7 Å². The first-order valence-corrected chi connectivity index (χ1v) is 7.40. The van der Waals surface area contributed by atoms with Gasteiger partial charge in [0.25, 0.3) is 5.91 Å². The Morgan fingerprint density at radius 3 is 2.60 bits per heavy atom. The highest BCUT2D eigenvalue weighted by Crippen LogP contribution is 2.21. The summed E-state index contributed by atoms with van der Waals surface area (Å²) in [6.45, 7) is 5.57. The molecule has 1 unspecified atom stereocenters. The number of amides is 1. The summed E-state index contributed by atoms with van der Waals surface area (Å²) in [6.07, 6.45) is 0. The molecule has 0 heterocycles. The van der Waals surface area contributed by atoms with Gasteiger partial charge >= 0.3 is 5.97 Å². The molecule has 0 aliphatic rings. The van der Waals surface area contributed by atoms with Crippen molar-refractivity contribution in [2.45, 2.75) is 26.8 Å². The van der Waals surface area contributed by atoms with E-state index in [0.29, 0.717) is 10.4 Å². The summed E-state index contributed by atoms with van der Waals surface area (Å²) in [7, 11) is 0. The molecule has 1 N–H and O–H groups in total. The van der Waals surface area contributed by atoms with Gasteiger partial charge < -0.3 is 10.1 Å². The van der Waals surface area contributed by atoms with Crippen LogP contribution < -0.4 is 5.32 Å². The van der Waals surface area contributed by atoms with Gasteiger partial charge in [-0.05, 0) is 31.0 Å². The third-order valence-electron chi connectivity index (χ3n) is 2.87. The van der Waals surface area contributed by atoms with Gasteiger partial charge in [0.15, 0.2) is 6.61 Å². The summed E-state index contributed by atoms with van der Waals surface area (Å²) in [5.74, 6) is -0.636. The van der Waals surface area contributed by atoms with E-state index in [1.165, 1.54) is 0 Å². The number of esters is 1. The van der Waals surface area contributed by atoms with Gasteiger partial charge in [0.1, 0.15) is 0 Å². The Balaban J connectivity index is 2.55. The summed E-state index contributed by atoms with van der Waals surface area (Å²) < 4.78 is 5.66. The molecule has 4 nitrogen and oxygen atoms in total. The Morgan fingerprint density at radius 1 is 1.35 bits per heavy atom. The van der Waals surface area contributed by atoms with Gasteiger partial charge in [0, 0.05) is 10.5 Å². The van der Waals surface area contributed by atoms with Crippen LogP contribution in [0, 0.1) is 5.92 Å². The molecule has 0 spiro atoms. The average Bonchev–Trinajstić information content (AvgIpc) is 2.38.